The summed E-state index contributed by atoms with van der Waals surface area (Å²) >= 11 is 1.60. The second-order valence-electron chi connectivity index (χ2n) is 10.3. The Bertz CT molecular complexity index is 1430. The molecule has 5 rings (SSSR count). The first-order chi connectivity index (χ1) is 18.3. The summed E-state index contributed by atoms with van der Waals surface area (Å²) < 4.78 is 41.2. The first-order valence-corrected chi connectivity index (χ1v) is 15.6. The summed E-state index contributed by atoms with van der Waals surface area (Å²) in [6.45, 7) is 3.24. The van der Waals surface area contributed by atoms with Crippen LogP contribution in [0.1, 0.15) is 67.4 Å². The highest BCUT2D eigenvalue weighted by Gasteiger charge is 2.30. The molecule has 1 atom stereocenters. The molecule has 3 aromatic rings. The molecule has 2 aliphatic rings. The quantitative estimate of drug-likeness (QED) is 0.261. The number of thioether (sulfide) groups is 1. The molecular weight excluding hydrogens is 522 g/mol. The fraction of sp³-hybridized carbons (Fsp3) is 0.500. The highest BCUT2D eigenvalue weighted by molar-refractivity contribution is 7.98. The second-order valence-corrected chi connectivity index (χ2v) is 13.2. The molecular formula is C28H35N3O5S2. The van der Waals surface area contributed by atoms with Crippen LogP contribution in [0, 0.1) is 5.92 Å². The number of rotatable bonds is 8. The van der Waals surface area contributed by atoms with E-state index in [-0.39, 0.29) is 0 Å². The molecule has 8 nitrogen and oxygen atoms in total. The van der Waals surface area contributed by atoms with E-state index in [1.165, 1.54) is 20.0 Å². The molecule has 204 valence electrons. The highest BCUT2D eigenvalue weighted by Crippen LogP contribution is 2.39. The molecule has 0 bridgehead atoms. The van der Waals surface area contributed by atoms with Gasteiger partial charge in [0.15, 0.2) is 5.16 Å². The highest BCUT2D eigenvalue weighted by atomic mass is 32.2. The predicted octanol–water partition coefficient (Wildman–Crippen LogP) is 5.66. The Morgan fingerprint density at radius 3 is 2.58 bits per heavy atom. The molecule has 0 N–H and O–H groups in total. The molecule has 2 aromatic carbocycles. The third-order valence-corrected chi connectivity index (χ3v) is 10.5. The number of hydrogen-bond acceptors (Lipinski definition) is 7. The summed E-state index contributed by atoms with van der Waals surface area (Å²) in [5, 5.41) is 0.868. The monoisotopic (exact) mass is 557 g/mol. The lowest BCUT2D eigenvalue weighted by Crippen LogP contribution is -2.39. The van der Waals surface area contributed by atoms with Gasteiger partial charge in [0.1, 0.15) is 5.75 Å². The van der Waals surface area contributed by atoms with Gasteiger partial charge < -0.3 is 14.0 Å². The number of methoxy groups -OCH3 is 2. The normalized spacial score (nSPS) is 19.2. The molecule has 38 heavy (non-hydrogen) atoms. The van der Waals surface area contributed by atoms with Crippen molar-refractivity contribution in [2.45, 2.75) is 67.3 Å². The molecule has 1 aliphatic carbocycles. The number of benzene rings is 2. The number of carbonyl (C=O) groups excluding carboxylic acids is 1. The van der Waals surface area contributed by atoms with Gasteiger partial charge in [0.05, 0.1) is 35.7 Å². The van der Waals surface area contributed by atoms with E-state index in [1.54, 1.807) is 47.4 Å². The summed E-state index contributed by atoms with van der Waals surface area (Å²) in [4.78, 5) is 17.2. The Kier molecular flexibility index (Phi) is 8.02. The van der Waals surface area contributed by atoms with E-state index in [4.69, 9.17) is 14.5 Å². The van der Waals surface area contributed by atoms with E-state index in [0.29, 0.717) is 52.5 Å². The van der Waals surface area contributed by atoms with Gasteiger partial charge in [-0.25, -0.2) is 18.2 Å². The maximum absolute atomic E-state index is 13.4. The maximum atomic E-state index is 13.4. The summed E-state index contributed by atoms with van der Waals surface area (Å²) in [6.07, 6.45) is 6.48. The van der Waals surface area contributed by atoms with Crippen LogP contribution in [0.5, 0.6) is 5.75 Å². The van der Waals surface area contributed by atoms with Crippen molar-refractivity contribution in [2.24, 2.45) is 5.92 Å². The van der Waals surface area contributed by atoms with E-state index in [9.17, 15) is 13.2 Å². The Balaban J connectivity index is 1.47. The zero-order valence-electron chi connectivity index (χ0n) is 22.2. The van der Waals surface area contributed by atoms with E-state index in [1.807, 2.05) is 12.1 Å². The van der Waals surface area contributed by atoms with Gasteiger partial charge in [-0.15, -0.1) is 0 Å². The van der Waals surface area contributed by atoms with Crippen molar-refractivity contribution in [1.82, 2.24) is 13.9 Å². The van der Waals surface area contributed by atoms with E-state index in [0.717, 1.165) is 41.9 Å². The van der Waals surface area contributed by atoms with Crippen molar-refractivity contribution >= 4 is 38.8 Å². The number of hydrogen-bond donors (Lipinski definition) is 0. The molecule has 2 heterocycles. The number of ether oxygens (including phenoxy) is 2. The standard InChI is InChI=1S/C28H35N3O5S2/c1-19-7-6-14-30(17-19)38(33,34)23-12-13-25-24(16-23)29-28(31(25)22-8-4-5-9-22)37-18-21-11-10-20(27(32)36-3)15-26(21)35-2/h10-13,15-16,19,22H,4-9,14,17-18H2,1-3H3/t19-/m0/s1. The van der Waals surface area contributed by atoms with Crippen molar-refractivity contribution in [1.29, 1.82) is 0 Å². The Hall–Kier alpha value is -2.56. The van der Waals surface area contributed by atoms with Crippen LogP contribution in [0.15, 0.2) is 46.5 Å². The van der Waals surface area contributed by atoms with Crippen LogP contribution in [-0.4, -0.2) is 55.6 Å². The smallest absolute Gasteiger partial charge is 0.337 e. The SMILES string of the molecule is COC(=O)c1ccc(CSc2nc3cc(S(=O)(=O)N4CCC[C@H](C)C4)ccc3n2C2CCCC2)c(OC)c1. The molecule has 1 aliphatic heterocycles. The number of aromatic nitrogens is 2. The zero-order valence-corrected chi connectivity index (χ0v) is 23.8. The van der Waals surface area contributed by atoms with Crippen molar-refractivity contribution in [3.8, 4) is 5.75 Å². The Morgan fingerprint density at radius 1 is 1.08 bits per heavy atom. The van der Waals surface area contributed by atoms with Gasteiger partial charge in [-0.05, 0) is 61.9 Å². The topological polar surface area (TPSA) is 90.7 Å². The summed E-state index contributed by atoms with van der Waals surface area (Å²) in [6, 6.07) is 11.1. The molecule has 0 unspecified atom stereocenters. The fourth-order valence-electron chi connectivity index (χ4n) is 5.60. The van der Waals surface area contributed by atoms with Crippen LogP contribution < -0.4 is 4.74 Å². The number of carbonyl (C=O) groups is 1. The zero-order chi connectivity index (χ0) is 26.9. The van der Waals surface area contributed by atoms with Gasteiger partial charge in [0.25, 0.3) is 0 Å². The van der Waals surface area contributed by atoms with Gasteiger partial charge in [0.2, 0.25) is 10.0 Å². The van der Waals surface area contributed by atoms with Gasteiger partial charge in [-0.3, -0.25) is 0 Å². The van der Waals surface area contributed by atoms with Gasteiger partial charge in [-0.1, -0.05) is 37.6 Å². The van der Waals surface area contributed by atoms with Crippen LogP contribution in [0.3, 0.4) is 0 Å². The summed E-state index contributed by atoms with van der Waals surface area (Å²) in [5.41, 5.74) is 3.06. The minimum Gasteiger partial charge on any atom is -0.496 e. The first kappa shape index (κ1) is 27.0. The third kappa shape index (κ3) is 5.31. The Morgan fingerprint density at radius 2 is 1.87 bits per heavy atom. The molecule has 0 amide bonds. The number of esters is 1. The van der Waals surface area contributed by atoms with Crippen LogP contribution in [0.25, 0.3) is 11.0 Å². The minimum atomic E-state index is -3.56. The molecule has 0 radical (unpaired) electrons. The Labute approximate surface area is 228 Å². The fourth-order valence-corrected chi connectivity index (χ4v) is 8.29. The average Bonchev–Trinajstić information content (AvgIpc) is 3.58. The molecule has 10 heteroatoms. The van der Waals surface area contributed by atoms with Gasteiger partial charge in [-0.2, -0.15) is 4.31 Å². The van der Waals surface area contributed by atoms with Gasteiger partial charge >= 0.3 is 5.97 Å². The molecule has 1 aromatic heterocycles. The first-order valence-electron chi connectivity index (χ1n) is 13.2. The maximum Gasteiger partial charge on any atom is 0.337 e. The molecule has 1 saturated carbocycles. The summed E-state index contributed by atoms with van der Waals surface area (Å²) in [5.74, 6) is 1.17. The van der Waals surface area contributed by atoms with Crippen LogP contribution >= 0.6 is 11.8 Å². The lowest BCUT2D eigenvalue weighted by molar-refractivity contribution is 0.0600. The molecule has 0 spiro atoms. The lowest BCUT2D eigenvalue weighted by Gasteiger charge is -2.30. The number of piperidine rings is 1. The molecule has 1 saturated heterocycles. The van der Waals surface area contributed by atoms with Gasteiger partial charge in [0, 0.05) is 30.4 Å². The molecule has 2 fully saturated rings. The third-order valence-electron chi connectivity index (χ3n) is 7.64. The van der Waals surface area contributed by atoms with Crippen LogP contribution in [-0.2, 0) is 20.5 Å². The van der Waals surface area contributed by atoms with E-state index >= 15 is 0 Å². The summed E-state index contributed by atoms with van der Waals surface area (Å²) in [7, 11) is -0.620. The number of fused-ring (bicyclic) bond motifs is 1. The van der Waals surface area contributed by atoms with Crippen molar-refractivity contribution in [3.05, 3.63) is 47.5 Å². The number of nitrogens with zero attached hydrogens (tertiary/aromatic N) is 3. The van der Waals surface area contributed by atoms with Crippen LogP contribution in [0.4, 0.5) is 0 Å². The number of sulfonamides is 1. The average molecular weight is 558 g/mol. The van der Waals surface area contributed by atoms with Crippen molar-refractivity contribution in [3.63, 3.8) is 0 Å². The predicted molar refractivity (Wildman–Crippen MR) is 148 cm³/mol. The largest absolute Gasteiger partial charge is 0.496 e. The van der Waals surface area contributed by atoms with Crippen molar-refractivity contribution in [2.75, 3.05) is 27.3 Å². The minimum absolute atomic E-state index is 0.312. The van der Waals surface area contributed by atoms with Crippen LogP contribution in [0.2, 0.25) is 0 Å². The van der Waals surface area contributed by atoms with E-state index in [2.05, 4.69) is 11.5 Å². The second kappa shape index (κ2) is 11.3. The van der Waals surface area contributed by atoms with E-state index < -0.39 is 16.0 Å². The van der Waals surface area contributed by atoms with Crippen molar-refractivity contribution < 1.29 is 22.7 Å². The number of imidazole rings is 1. The lowest BCUT2D eigenvalue weighted by atomic mass is 10.0.